The Morgan fingerprint density at radius 2 is 2.25 bits per heavy atom. The monoisotopic (exact) mass is 358 g/mol. The largest absolute Gasteiger partial charge is 0.473 e. The van der Waals surface area contributed by atoms with Crippen molar-refractivity contribution in [3.63, 3.8) is 0 Å². The standard InChI is InChI=1S/C14H19FN4O4S/c15-6-10(7-16)9-23-13-4-3-11(8-18-13)24(21,22)19-5-1-2-12(19)14(17)20/h3-4,6,8,12H,1-2,5,7,9,16H2,(H2,17,20)/b10-6-/t12-/m0/s1. The summed E-state index contributed by atoms with van der Waals surface area (Å²) < 4.78 is 43.9. The van der Waals surface area contributed by atoms with Gasteiger partial charge in [-0.25, -0.2) is 17.8 Å². The lowest BCUT2D eigenvalue weighted by Crippen LogP contribution is -2.43. The molecular weight excluding hydrogens is 339 g/mol. The molecule has 1 fully saturated rings. The molecule has 0 saturated carbocycles. The minimum atomic E-state index is -3.87. The second kappa shape index (κ2) is 7.69. The molecule has 4 N–H and O–H groups in total. The Kier molecular flexibility index (Phi) is 5.86. The topological polar surface area (TPSA) is 129 Å². The van der Waals surface area contributed by atoms with Crippen molar-refractivity contribution in [3.05, 3.63) is 30.2 Å². The van der Waals surface area contributed by atoms with Crippen LogP contribution in [0.1, 0.15) is 12.8 Å². The van der Waals surface area contributed by atoms with Gasteiger partial charge < -0.3 is 16.2 Å². The third-order valence-corrected chi connectivity index (χ3v) is 5.56. The SMILES string of the molecule is NC/C(=C/F)COc1ccc(S(=O)(=O)N2CCC[C@H]2C(N)=O)cn1. The first kappa shape index (κ1) is 18.3. The van der Waals surface area contributed by atoms with Gasteiger partial charge in [0.05, 0.1) is 12.5 Å². The van der Waals surface area contributed by atoms with E-state index in [4.69, 9.17) is 16.2 Å². The minimum Gasteiger partial charge on any atom is -0.473 e. The Bertz CT molecular complexity index is 721. The molecule has 24 heavy (non-hydrogen) atoms. The summed E-state index contributed by atoms with van der Waals surface area (Å²) in [6.07, 6.45) is 2.46. The lowest BCUT2D eigenvalue weighted by atomic mass is 10.2. The maximum Gasteiger partial charge on any atom is 0.245 e. The zero-order valence-corrected chi connectivity index (χ0v) is 13.7. The first-order valence-corrected chi connectivity index (χ1v) is 8.72. The third-order valence-electron chi connectivity index (χ3n) is 3.67. The van der Waals surface area contributed by atoms with Crippen LogP contribution in [0.2, 0.25) is 0 Å². The summed E-state index contributed by atoms with van der Waals surface area (Å²) in [6, 6.07) is 1.83. The molecule has 1 aliphatic heterocycles. The van der Waals surface area contributed by atoms with Gasteiger partial charge in [0, 0.05) is 24.7 Å². The molecule has 0 aromatic carbocycles. The number of hydrogen-bond acceptors (Lipinski definition) is 6. The number of rotatable bonds is 7. The van der Waals surface area contributed by atoms with Crippen LogP contribution >= 0.6 is 0 Å². The van der Waals surface area contributed by atoms with Crippen LogP contribution in [0.4, 0.5) is 4.39 Å². The summed E-state index contributed by atoms with van der Waals surface area (Å²) in [7, 11) is -3.87. The van der Waals surface area contributed by atoms with Gasteiger partial charge in [-0.05, 0) is 18.9 Å². The first-order chi connectivity index (χ1) is 11.4. The second-order valence-corrected chi connectivity index (χ2v) is 7.16. The van der Waals surface area contributed by atoms with E-state index in [1.807, 2.05) is 0 Å². The van der Waals surface area contributed by atoms with Crippen molar-refractivity contribution in [1.29, 1.82) is 0 Å². The number of halogens is 1. The molecule has 132 valence electrons. The van der Waals surface area contributed by atoms with Crippen LogP contribution < -0.4 is 16.2 Å². The fourth-order valence-corrected chi connectivity index (χ4v) is 3.96. The Hall–Kier alpha value is -2.04. The molecule has 10 heteroatoms. The normalized spacial score (nSPS) is 19.4. The molecule has 8 nitrogen and oxygen atoms in total. The van der Waals surface area contributed by atoms with Crippen molar-refractivity contribution in [2.24, 2.45) is 11.5 Å². The molecule has 1 aromatic heterocycles. The Morgan fingerprint density at radius 1 is 1.50 bits per heavy atom. The summed E-state index contributed by atoms with van der Waals surface area (Å²) in [6.45, 7) is 0.156. The molecule has 2 heterocycles. The molecule has 1 amide bonds. The van der Waals surface area contributed by atoms with E-state index in [1.54, 1.807) is 0 Å². The molecule has 0 radical (unpaired) electrons. The highest BCUT2D eigenvalue weighted by molar-refractivity contribution is 7.89. The molecule has 2 rings (SSSR count). The number of hydrogen-bond donors (Lipinski definition) is 2. The van der Waals surface area contributed by atoms with Crippen LogP contribution in [-0.4, -0.2) is 49.4 Å². The Balaban J connectivity index is 2.13. The lowest BCUT2D eigenvalue weighted by molar-refractivity contribution is -0.121. The van der Waals surface area contributed by atoms with E-state index >= 15 is 0 Å². The van der Waals surface area contributed by atoms with Crippen LogP contribution in [0.3, 0.4) is 0 Å². The number of carbonyl (C=O) groups is 1. The van der Waals surface area contributed by atoms with Gasteiger partial charge in [-0.2, -0.15) is 4.31 Å². The van der Waals surface area contributed by atoms with Crippen LogP contribution in [0.15, 0.2) is 35.1 Å². The molecule has 0 unspecified atom stereocenters. The summed E-state index contributed by atoms with van der Waals surface area (Å²) in [5, 5.41) is 0. The minimum absolute atomic E-state index is 0.00638. The maximum atomic E-state index is 12.6. The maximum absolute atomic E-state index is 12.6. The van der Waals surface area contributed by atoms with Crippen LogP contribution in [0, 0.1) is 0 Å². The van der Waals surface area contributed by atoms with E-state index in [1.165, 1.54) is 12.1 Å². The van der Waals surface area contributed by atoms with E-state index in [0.29, 0.717) is 19.2 Å². The highest BCUT2D eigenvalue weighted by Crippen LogP contribution is 2.26. The Labute approximate surface area is 139 Å². The third kappa shape index (κ3) is 3.89. The quantitative estimate of drug-likeness (QED) is 0.701. The molecule has 0 bridgehead atoms. The predicted molar refractivity (Wildman–Crippen MR) is 84.1 cm³/mol. The number of primary amides is 1. The summed E-state index contributed by atoms with van der Waals surface area (Å²) in [5.74, 6) is -0.536. The van der Waals surface area contributed by atoms with E-state index in [0.717, 1.165) is 10.5 Å². The van der Waals surface area contributed by atoms with Crippen molar-refractivity contribution in [3.8, 4) is 5.88 Å². The highest BCUT2D eigenvalue weighted by atomic mass is 32.2. The number of carbonyl (C=O) groups excluding carboxylic acids is 1. The Morgan fingerprint density at radius 3 is 2.79 bits per heavy atom. The molecule has 0 spiro atoms. The van der Waals surface area contributed by atoms with Crippen molar-refractivity contribution in [1.82, 2.24) is 9.29 Å². The number of aromatic nitrogens is 1. The summed E-state index contributed by atoms with van der Waals surface area (Å²) in [4.78, 5) is 15.2. The lowest BCUT2D eigenvalue weighted by Gasteiger charge is -2.21. The van der Waals surface area contributed by atoms with Gasteiger partial charge >= 0.3 is 0 Å². The van der Waals surface area contributed by atoms with Gasteiger partial charge in [-0.3, -0.25) is 4.79 Å². The zero-order valence-electron chi connectivity index (χ0n) is 12.9. The average molecular weight is 358 g/mol. The van der Waals surface area contributed by atoms with E-state index in [9.17, 15) is 17.6 Å². The van der Waals surface area contributed by atoms with Crippen LogP contribution in [-0.2, 0) is 14.8 Å². The smallest absolute Gasteiger partial charge is 0.245 e. The summed E-state index contributed by atoms with van der Waals surface area (Å²) >= 11 is 0. The van der Waals surface area contributed by atoms with Crippen molar-refractivity contribution >= 4 is 15.9 Å². The molecular formula is C14H19FN4O4S. The van der Waals surface area contributed by atoms with Gasteiger partial charge in [0.1, 0.15) is 17.5 Å². The number of nitrogens with two attached hydrogens (primary N) is 2. The number of amides is 1. The van der Waals surface area contributed by atoms with E-state index in [-0.39, 0.29) is 36.0 Å². The van der Waals surface area contributed by atoms with Gasteiger partial charge in [0.25, 0.3) is 0 Å². The van der Waals surface area contributed by atoms with Gasteiger partial charge in [-0.1, -0.05) is 0 Å². The van der Waals surface area contributed by atoms with Crippen molar-refractivity contribution in [2.45, 2.75) is 23.8 Å². The van der Waals surface area contributed by atoms with E-state index in [2.05, 4.69) is 4.98 Å². The number of ether oxygens (including phenoxy) is 1. The molecule has 0 aliphatic carbocycles. The predicted octanol–water partition coefficient (Wildman–Crippen LogP) is -0.0891. The highest BCUT2D eigenvalue weighted by Gasteiger charge is 2.38. The van der Waals surface area contributed by atoms with E-state index < -0.39 is 22.0 Å². The van der Waals surface area contributed by atoms with Gasteiger partial charge in [-0.15, -0.1) is 0 Å². The molecule has 1 atom stereocenters. The van der Waals surface area contributed by atoms with Gasteiger partial charge in [0.15, 0.2) is 0 Å². The van der Waals surface area contributed by atoms with Crippen molar-refractivity contribution < 1.29 is 22.3 Å². The molecule has 1 aliphatic rings. The number of sulfonamides is 1. The first-order valence-electron chi connectivity index (χ1n) is 7.28. The zero-order chi connectivity index (χ0) is 17.7. The number of nitrogens with zero attached hydrogens (tertiary/aromatic N) is 2. The van der Waals surface area contributed by atoms with Crippen molar-refractivity contribution in [2.75, 3.05) is 19.7 Å². The molecule has 1 saturated heterocycles. The fourth-order valence-electron chi connectivity index (χ4n) is 2.35. The van der Waals surface area contributed by atoms with Crippen LogP contribution in [0.5, 0.6) is 5.88 Å². The average Bonchev–Trinajstić information content (AvgIpc) is 3.07. The molecule has 1 aromatic rings. The fraction of sp³-hybridized carbons (Fsp3) is 0.429. The van der Waals surface area contributed by atoms with Crippen LogP contribution in [0.25, 0.3) is 0 Å². The summed E-state index contributed by atoms with van der Waals surface area (Å²) in [5.41, 5.74) is 10.8. The number of pyridine rings is 1. The second-order valence-electron chi connectivity index (χ2n) is 5.27. The van der Waals surface area contributed by atoms with Gasteiger partial charge in [0.2, 0.25) is 21.8 Å².